The molecule has 0 saturated carbocycles. The number of carbonyl (C=O) groups is 1. The van der Waals surface area contributed by atoms with Gasteiger partial charge in [0.05, 0.1) is 12.3 Å². The maximum atomic E-state index is 12.3. The highest BCUT2D eigenvalue weighted by Crippen LogP contribution is 2.16. The van der Waals surface area contributed by atoms with Crippen LogP contribution in [0.25, 0.3) is 0 Å². The molecule has 0 fully saturated rings. The van der Waals surface area contributed by atoms with Crippen LogP contribution >= 0.6 is 22.6 Å². The summed E-state index contributed by atoms with van der Waals surface area (Å²) in [4.78, 5) is 16.4. The molecule has 110 valence electrons. The molecule has 2 aromatic heterocycles. The van der Waals surface area contributed by atoms with Crippen molar-refractivity contribution in [2.75, 3.05) is 19.0 Å². The van der Waals surface area contributed by atoms with Gasteiger partial charge >= 0.3 is 0 Å². The van der Waals surface area contributed by atoms with Gasteiger partial charge in [0.25, 0.3) is 5.91 Å². The average molecular weight is 400 g/mol. The highest BCUT2D eigenvalue weighted by molar-refractivity contribution is 14.1. The quantitative estimate of drug-likeness (QED) is 0.592. The third-order valence-electron chi connectivity index (χ3n) is 2.63. The third-order valence-corrected chi connectivity index (χ3v) is 3.27. The van der Waals surface area contributed by atoms with Gasteiger partial charge in [-0.25, -0.2) is 4.98 Å². The summed E-state index contributed by atoms with van der Waals surface area (Å²) < 4.78 is 10.9. The fraction of sp³-hybridized carbons (Fsp3) is 0.231. The van der Waals surface area contributed by atoms with Crippen LogP contribution in [-0.2, 0) is 4.74 Å². The van der Waals surface area contributed by atoms with Gasteiger partial charge in [0.2, 0.25) is 0 Å². The molecule has 0 aliphatic heterocycles. The molecule has 1 amide bonds. The van der Waals surface area contributed by atoms with Gasteiger partial charge in [0.1, 0.15) is 22.8 Å². The Morgan fingerprint density at radius 1 is 1.52 bits per heavy atom. The van der Waals surface area contributed by atoms with Crippen LogP contribution in [0.2, 0.25) is 0 Å². The normalized spacial score (nSPS) is 10.4. The zero-order chi connectivity index (χ0) is 15.4. The maximum Gasteiger partial charge on any atom is 0.262 e. The fourth-order valence-corrected chi connectivity index (χ4v) is 2.01. The maximum absolute atomic E-state index is 12.3. The molecule has 7 nitrogen and oxygen atoms in total. The first-order chi connectivity index (χ1) is 10.0. The molecule has 2 aromatic rings. The summed E-state index contributed by atoms with van der Waals surface area (Å²) in [6.07, 6.45) is 1.64. The zero-order valence-electron chi connectivity index (χ0n) is 11.4. The largest absolute Gasteiger partial charge is 0.378 e. The second-order valence-electron chi connectivity index (χ2n) is 4.19. The first-order valence-electron chi connectivity index (χ1n) is 5.99. The number of amides is 1. The predicted octanol–water partition coefficient (Wildman–Crippen LogP) is 2.25. The van der Waals surface area contributed by atoms with Crippen molar-refractivity contribution in [3.63, 3.8) is 0 Å². The Morgan fingerprint density at radius 3 is 2.90 bits per heavy atom. The lowest BCUT2D eigenvalue weighted by Crippen LogP contribution is -2.19. The number of halogens is 1. The number of nitrogens with one attached hydrogen (secondary N) is 2. The topological polar surface area (TPSA) is 101 Å². The van der Waals surface area contributed by atoms with Crippen molar-refractivity contribution in [2.45, 2.75) is 6.92 Å². The van der Waals surface area contributed by atoms with Crippen LogP contribution in [0.4, 0.5) is 5.82 Å². The minimum atomic E-state index is -0.418. The minimum absolute atomic E-state index is 0.0496. The van der Waals surface area contributed by atoms with Crippen molar-refractivity contribution < 1.29 is 14.1 Å². The molecule has 0 aliphatic carbocycles. The van der Waals surface area contributed by atoms with Crippen molar-refractivity contribution in [1.82, 2.24) is 10.1 Å². The van der Waals surface area contributed by atoms with E-state index in [-0.39, 0.29) is 23.6 Å². The molecule has 0 aromatic carbocycles. The summed E-state index contributed by atoms with van der Waals surface area (Å²) in [7, 11) is 1.47. The Kier molecular flexibility index (Phi) is 5.02. The van der Waals surface area contributed by atoms with Crippen LogP contribution in [0.15, 0.2) is 22.9 Å². The van der Waals surface area contributed by atoms with E-state index in [9.17, 15) is 4.79 Å². The molecule has 2 rings (SSSR count). The van der Waals surface area contributed by atoms with Gasteiger partial charge in [-0.15, -0.1) is 0 Å². The molecule has 2 heterocycles. The number of hydrogen-bond acceptors (Lipinski definition) is 6. The number of aromatic nitrogens is 2. The van der Waals surface area contributed by atoms with Crippen molar-refractivity contribution in [2.24, 2.45) is 0 Å². The second kappa shape index (κ2) is 6.76. The molecule has 0 atom stereocenters. The van der Waals surface area contributed by atoms with Crippen molar-refractivity contribution in [3.8, 4) is 0 Å². The number of rotatable bonds is 5. The SMILES string of the molecule is COCC(=N)c1noc(C)c1C(=O)Nc1ccc(I)cn1. The van der Waals surface area contributed by atoms with Crippen molar-refractivity contribution in [3.05, 3.63) is 38.9 Å². The average Bonchev–Trinajstić information content (AvgIpc) is 2.83. The number of anilines is 1. The Labute approximate surface area is 134 Å². The van der Waals surface area contributed by atoms with Gasteiger partial charge in [-0.1, -0.05) is 5.16 Å². The lowest BCUT2D eigenvalue weighted by Gasteiger charge is -2.05. The number of carbonyl (C=O) groups excluding carboxylic acids is 1. The van der Waals surface area contributed by atoms with Gasteiger partial charge in [-0.05, 0) is 41.6 Å². The van der Waals surface area contributed by atoms with E-state index in [1.54, 1.807) is 19.2 Å². The summed E-state index contributed by atoms with van der Waals surface area (Å²) in [5.41, 5.74) is 0.477. The molecular weight excluding hydrogens is 387 g/mol. The first-order valence-corrected chi connectivity index (χ1v) is 7.06. The fourth-order valence-electron chi connectivity index (χ4n) is 1.69. The van der Waals surface area contributed by atoms with Crippen molar-refractivity contribution >= 4 is 40.0 Å². The number of nitrogens with zero attached hydrogens (tertiary/aromatic N) is 2. The van der Waals surface area contributed by atoms with E-state index < -0.39 is 5.91 Å². The molecule has 0 saturated heterocycles. The monoisotopic (exact) mass is 400 g/mol. The van der Waals surface area contributed by atoms with E-state index in [0.717, 1.165) is 3.57 Å². The first kappa shape index (κ1) is 15.6. The number of hydrogen-bond donors (Lipinski definition) is 2. The molecular formula is C13H13IN4O3. The molecule has 0 unspecified atom stereocenters. The van der Waals surface area contributed by atoms with E-state index in [1.165, 1.54) is 7.11 Å². The standard InChI is InChI=1S/C13H13IN4O3/c1-7-11(12(18-21-7)9(15)6-20-2)13(19)17-10-4-3-8(14)5-16-10/h3-5,15H,6H2,1-2H3,(H,16,17,19). The summed E-state index contributed by atoms with van der Waals surface area (Å²) in [5.74, 6) is 0.345. The Bertz CT molecular complexity index is 667. The van der Waals surface area contributed by atoms with Crippen LogP contribution in [0.3, 0.4) is 0 Å². The van der Waals surface area contributed by atoms with E-state index in [1.807, 2.05) is 6.07 Å². The smallest absolute Gasteiger partial charge is 0.262 e. The molecule has 0 spiro atoms. The number of pyridine rings is 1. The van der Waals surface area contributed by atoms with Gasteiger partial charge in [-0.2, -0.15) is 0 Å². The van der Waals surface area contributed by atoms with Crippen molar-refractivity contribution in [1.29, 1.82) is 5.41 Å². The second-order valence-corrected chi connectivity index (χ2v) is 5.44. The van der Waals surface area contributed by atoms with Gasteiger partial charge in [0, 0.05) is 16.9 Å². The Hall–Kier alpha value is -1.81. The molecule has 2 N–H and O–H groups in total. The molecule has 0 radical (unpaired) electrons. The van der Waals surface area contributed by atoms with E-state index >= 15 is 0 Å². The van der Waals surface area contributed by atoms with Gasteiger partial charge < -0.3 is 20.0 Å². The molecule has 0 bridgehead atoms. The minimum Gasteiger partial charge on any atom is -0.378 e. The summed E-state index contributed by atoms with van der Waals surface area (Å²) in [5, 5.41) is 14.2. The Morgan fingerprint density at radius 2 is 2.29 bits per heavy atom. The Balaban J connectivity index is 2.24. The number of aryl methyl sites for hydroxylation is 1. The lowest BCUT2D eigenvalue weighted by atomic mass is 10.1. The summed E-state index contributed by atoms with van der Waals surface area (Å²) in [6.45, 7) is 1.67. The summed E-state index contributed by atoms with van der Waals surface area (Å²) >= 11 is 2.13. The van der Waals surface area contributed by atoms with Gasteiger partial charge in [-0.3, -0.25) is 4.79 Å². The van der Waals surface area contributed by atoms with Crippen LogP contribution < -0.4 is 5.32 Å². The third kappa shape index (κ3) is 3.64. The van der Waals surface area contributed by atoms with Crippen LogP contribution in [0.1, 0.15) is 21.8 Å². The summed E-state index contributed by atoms with van der Waals surface area (Å²) in [6, 6.07) is 3.53. The molecule has 0 aliphatic rings. The lowest BCUT2D eigenvalue weighted by molar-refractivity contribution is 0.102. The predicted molar refractivity (Wildman–Crippen MR) is 84.9 cm³/mol. The van der Waals surface area contributed by atoms with E-state index in [0.29, 0.717) is 11.6 Å². The van der Waals surface area contributed by atoms with Crippen LogP contribution in [0.5, 0.6) is 0 Å². The number of ether oxygens (including phenoxy) is 1. The van der Waals surface area contributed by atoms with E-state index in [2.05, 4.69) is 38.0 Å². The highest BCUT2D eigenvalue weighted by Gasteiger charge is 2.23. The van der Waals surface area contributed by atoms with Crippen LogP contribution in [-0.4, -0.2) is 35.5 Å². The van der Waals surface area contributed by atoms with Gasteiger partial charge in [0.15, 0.2) is 0 Å². The number of methoxy groups -OCH3 is 1. The molecule has 21 heavy (non-hydrogen) atoms. The molecule has 8 heteroatoms. The zero-order valence-corrected chi connectivity index (χ0v) is 13.6. The highest BCUT2D eigenvalue weighted by atomic mass is 127. The van der Waals surface area contributed by atoms with E-state index in [4.69, 9.17) is 14.7 Å². The van der Waals surface area contributed by atoms with Crippen LogP contribution in [0, 0.1) is 15.9 Å².